The number of ether oxygens (including phenoxy) is 1. The summed E-state index contributed by atoms with van der Waals surface area (Å²) in [5.74, 6) is -0.351. The summed E-state index contributed by atoms with van der Waals surface area (Å²) in [6.07, 6.45) is 3.55. The fourth-order valence-electron chi connectivity index (χ4n) is 2.77. The van der Waals surface area contributed by atoms with Gasteiger partial charge >= 0.3 is 5.97 Å². The highest BCUT2D eigenvalue weighted by molar-refractivity contribution is 5.98. The average molecular weight is 260 g/mol. The second-order valence-electron chi connectivity index (χ2n) is 5.28. The van der Waals surface area contributed by atoms with Crippen LogP contribution in [-0.2, 0) is 20.7 Å². The third kappa shape index (κ3) is 3.66. The SMILES string of the molecule is CCC[C@@]1(CCc2ccccc2)CC(=O)CC(=O)O1. The summed E-state index contributed by atoms with van der Waals surface area (Å²) in [6, 6.07) is 10.1. The van der Waals surface area contributed by atoms with Gasteiger partial charge in [-0.15, -0.1) is 0 Å². The maximum Gasteiger partial charge on any atom is 0.313 e. The summed E-state index contributed by atoms with van der Waals surface area (Å²) in [5, 5.41) is 0. The lowest BCUT2D eigenvalue weighted by Gasteiger charge is -2.36. The van der Waals surface area contributed by atoms with Gasteiger partial charge in [0.25, 0.3) is 0 Å². The van der Waals surface area contributed by atoms with Gasteiger partial charge in [0.15, 0.2) is 0 Å². The Morgan fingerprint density at radius 2 is 1.89 bits per heavy atom. The van der Waals surface area contributed by atoms with E-state index < -0.39 is 5.60 Å². The molecule has 102 valence electrons. The van der Waals surface area contributed by atoms with Crippen molar-refractivity contribution in [1.29, 1.82) is 0 Å². The van der Waals surface area contributed by atoms with Crippen LogP contribution >= 0.6 is 0 Å². The van der Waals surface area contributed by atoms with E-state index >= 15 is 0 Å². The van der Waals surface area contributed by atoms with Crippen molar-refractivity contribution in [1.82, 2.24) is 0 Å². The first-order chi connectivity index (χ1) is 9.13. The molecule has 1 atom stereocenters. The van der Waals surface area contributed by atoms with Crippen LogP contribution in [0.3, 0.4) is 0 Å². The standard InChI is InChI=1S/C16H20O3/c1-2-9-16(12-14(17)11-15(18)19-16)10-8-13-6-4-3-5-7-13/h3-7H,2,8-12H2,1H3/t16-/m1/s1. The summed E-state index contributed by atoms with van der Waals surface area (Å²) >= 11 is 0. The first kappa shape index (κ1) is 13.8. The molecular formula is C16H20O3. The highest BCUT2D eigenvalue weighted by Gasteiger charge is 2.40. The molecule has 1 aliphatic rings. The van der Waals surface area contributed by atoms with Crippen LogP contribution in [-0.4, -0.2) is 17.4 Å². The van der Waals surface area contributed by atoms with Gasteiger partial charge in [0.2, 0.25) is 0 Å². The van der Waals surface area contributed by atoms with Crippen molar-refractivity contribution in [2.75, 3.05) is 0 Å². The zero-order valence-corrected chi connectivity index (χ0v) is 11.4. The van der Waals surface area contributed by atoms with Crippen LogP contribution in [0.25, 0.3) is 0 Å². The molecule has 0 unspecified atom stereocenters. The molecule has 0 bridgehead atoms. The molecule has 2 rings (SSSR count). The smallest absolute Gasteiger partial charge is 0.313 e. The number of cyclic esters (lactones) is 1. The van der Waals surface area contributed by atoms with Crippen LogP contribution in [0.4, 0.5) is 0 Å². The van der Waals surface area contributed by atoms with Gasteiger partial charge in [-0.1, -0.05) is 43.7 Å². The maximum absolute atomic E-state index is 11.7. The zero-order chi connectivity index (χ0) is 13.7. The van der Waals surface area contributed by atoms with Crippen LogP contribution in [0.5, 0.6) is 0 Å². The molecule has 0 amide bonds. The lowest BCUT2D eigenvalue weighted by Crippen LogP contribution is -2.43. The van der Waals surface area contributed by atoms with Crippen molar-refractivity contribution in [2.45, 2.75) is 51.0 Å². The minimum atomic E-state index is -0.572. The Morgan fingerprint density at radius 3 is 2.53 bits per heavy atom. The molecule has 0 spiro atoms. The van der Waals surface area contributed by atoms with Gasteiger partial charge in [0.1, 0.15) is 17.8 Å². The Balaban J connectivity index is 2.06. The van der Waals surface area contributed by atoms with Crippen molar-refractivity contribution >= 4 is 11.8 Å². The molecule has 1 aliphatic heterocycles. The average Bonchev–Trinajstić information content (AvgIpc) is 2.37. The first-order valence-electron chi connectivity index (χ1n) is 6.91. The van der Waals surface area contributed by atoms with Crippen LogP contribution in [0, 0.1) is 0 Å². The quantitative estimate of drug-likeness (QED) is 0.603. The Morgan fingerprint density at radius 1 is 1.16 bits per heavy atom. The fourth-order valence-corrected chi connectivity index (χ4v) is 2.77. The van der Waals surface area contributed by atoms with E-state index in [-0.39, 0.29) is 18.2 Å². The molecule has 1 aromatic rings. The van der Waals surface area contributed by atoms with Crippen molar-refractivity contribution < 1.29 is 14.3 Å². The predicted octanol–water partition coefficient (Wildman–Crippen LogP) is 3.06. The highest BCUT2D eigenvalue weighted by atomic mass is 16.6. The molecule has 0 aliphatic carbocycles. The van der Waals surface area contributed by atoms with Crippen molar-refractivity contribution in [2.24, 2.45) is 0 Å². The van der Waals surface area contributed by atoms with Gasteiger partial charge in [-0.25, -0.2) is 0 Å². The van der Waals surface area contributed by atoms with E-state index in [1.54, 1.807) is 0 Å². The molecule has 1 aromatic carbocycles. The number of hydrogen-bond donors (Lipinski definition) is 0. The van der Waals surface area contributed by atoms with Crippen molar-refractivity contribution in [3.63, 3.8) is 0 Å². The number of aryl methyl sites for hydroxylation is 1. The van der Waals surface area contributed by atoms with Crippen LogP contribution in [0.1, 0.15) is 44.6 Å². The number of carbonyl (C=O) groups is 2. The number of hydrogen-bond acceptors (Lipinski definition) is 3. The fraction of sp³-hybridized carbons (Fsp3) is 0.500. The van der Waals surface area contributed by atoms with Crippen molar-refractivity contribution in [3.05, 3.63) is 35.9 Å². The molecule has 0 radical (unpaired) electrons. The van der Waals surface area contributed by atoms with E-state index in [2.05, 4.69) is 19.1 Å². The third-order valence-electron chi connectivity index (χ3n) is 3.61. The van der Waals surface area contributed by atoms with Gasteiger partial charge in [-0.2, -0.15) is 0 Å². The monoisotopic (exact) mass is 260 g/mol. The molecule has 0 aromatic heterocycles. The van der Waals surface area contributed by atoms with Crippen LogP contribution < -0.4 is 0 Å². The summed E-state index contributed by atoms with van der Waals surface area (Å²) in [4.78, 5) is 23.2. The Labute approximate surface area is 114 Å². The number of benzene rings is 1. The molecule has 1 heterocycles. The van der Waals surface area contributed by atoms with Gasteiger partial charge < -0.3 is 4.74 Å². The summed E-state index contributed by atoms with van der Waals surface area (Å²) in [6.45, 7) is 2.05. The molecular weight excluding hydrogens is 240 g/mol. The van der Waals surface area contributed by atoms with E-state index in [9.17, 15) is 9.59 Å². The molecule has 1 saturated heterocycles. The van der Waals surface area contributed by atoms with E-state index in [0.717, 1.165) is 25.7 Å². The van der Waals surface area contributed by atoms with Gasteiger partial charge in [-0.3, -0.25) is 9.59 Å². The molecule has 1 fully saturated rings. The van der Waals surface area contributed by atoms with E-state index in [1.807, 2.05) is 18.2 Å². The normalized spacial score (nSPS) is 23.2. The lowest BCUT2D eigenvalue weighted by atomic mass is 9.83. The van der Waals surface area contributed by atoms with Gasteiger partial charge in [0.05, 0.1) is 0 Å². The third-order valence-corrected chi connectivity index (χ3v) is 3.61. The minimum Gasteiger partial charge on any atom is -0.458 e. The molecule has 3 nitrogen and oxygen atoms in total. The maximum atomic E-state index is 11.7. The zero-order valence-electron chi connectivity index (χ0n) is 11.4. The van der Waals surface area contributed by atoms with E-state index in [1.165, 1.54) is 5.56 Å². The van der Waals surface area contributed by atoms with Gasteiger partial charge in [-0.05, 0) is 24.8 Å². The highest BCUT2D eigenvalue weighted by Crippen LogP contribution is 2.33. The van der Waals surface area contributed by atoms with Crippen LogP contribution in [0.15, 0.2) is 30.3 Å². The summed E-state index contributed by atoms with van der Waals surface area (Å²) < 4.78 is 5.55. The number of Topliss-reactive ketones (excluding diaryl/α,β-unsaturated/α-hetero) is 1. The minimum absolute atomic E-state index is 0.0118. The number of esters is 1. The van der Waals surface area contributed by atoms with Crippen LogP contribution in [0.2, 0.25) is 0 Å². The molecule has 0 N–H and O–H groups in total. The second kappa shape index (κ2) is 6.00. The van der Waals surface area contributed by atoms with Gasteiger partial charge in [0, 0.05) is 6.42 Å². The molecule has 0 saturated carbocycles. The summed E-state index contributed by atoms with van der Waals surface area (Å²) in [5.41, 5.74) is 0.642. The Kier molecular flexibility index (Phi) is 4.35. The van der Waals surface area contributed by atoms with E-state index in [4.69, 9.17) is 4.74 Å². The Hall–Kier alpha value is -1.64. The molecule has 3 heteroatoms. The summed E-state index contributed by atoms with van der Waals surface area (Å²) in [7, 11) is 0. The number of carbonyl (C=O) groups excluding carboxylic acids is 2. The number of rotatable bonds is 5. The predicted molar refractivity (Wildman–Crippen MR) is 72.7 cm³/mol. The topological polar surface area (TPSA) is 43.4 Å². The largest absolute Gasteiger partial charge is 0.458 e. The first-order valence-corrected chi connectivity index (χ1v) is 6.91. The second-order valence-corrected chi connectivity index (χ2v) is 5.28. The number of ketones is 1. The van der Waals surface area contributed by atoms with Crippen molar-refractivity contribution in [3.8, 4) is 0 Å². The molecule has 19 heavy (non-hydrogen) atoms. The van der Waals surface area contributed by atoms with E-state index in [0.29, 0.717) is 6.42 Å². The lowest BCUT2D eigenvalue weighted by molar-refractivity contribution is -0.172. The Bertz CT molecular complexity index is 434.